The Morgan fingerprint density at radius 1 is 1.21 bits per heavy atom. The van der Waals surface area contributed by atoms with Crippen LogP contribution in [0.4, 0.5) is 0 Å². The van der Waals surface area contributed by atoms with Crippen molar-refractivity contribution in [2.75, 3.05) is 0 Å². The summed E-state index contributed by atoms with van der Waals surface area (Å²) in [5.74, 6) is 0. The molecule has 0 radical (unpaired) electrons. The molecule has 76 valence electrons. The minimum absolute atomic E-state index is 0.258. The fraction of sp³-hybridized carbons (Fsp3) is 0.429. The molecule has 0 spiro atoms. The first-order valence-corrected chi connectivity index (χ1v) is 5.15. The number of allylic oxidation sites excluding steroid dienone is 2. The van der Waals surface area contributed by atoms with Gasteiger partial charge in [-0.25, -0.2) is 0 Å². The van der Waals surface area contributed by atoms with Gasteiger partial charge in [0, 0.05) is 0 Å². The Labute approximate surface area is 87.7 Å². The monoisotopic (exact) mass is 188 g/mol. The molecule has 0 aliphatic heterocycles. The summed E-state index contributed by atoms with van der Waals surface area (Å²) in [5.41, 5.74) is 4.28. The lowest BCUT2D eigenvalue weighted by atomic mass is 9.91. The van der Waals surface area contributed by atoms with E-state index in [4.69, 9.17) is 0 Å². The lowest BCUT2D eigenvalue weighted by Gasteiger charge is -2.14. The topological polar surface area (TPSA) is 0 Å². The maximum Gasteiger partial charge on any atom is -0.0197 e. The van der Waals surface area contributed by atoms with Crippen molar-refractivity contribution in [1.82, 2.24) is 0 Å². The molecule has 0 atom stereocenters. The smallest absolute Gasteiger partial charge is 0.0197 e. The molecule has 0 nitrogen and oxygen atoms in total. The molecular formula is C14H20. The zero-order valence-corrected chi connectivity index (χ0v) is 9.89. The Balaban J connectivity index is 3.01. The Hall–Kier alpha value is -1.04. The van der Waals surface area contributed by atoms with E-state index >= 15 is 0 Å². The van der Waals surface area contributed by atoms with Crippen LogP contribution in [0.3, 0.4) is 0 Å². The molecule has 0 saturated heterocycles. The standard InChI is InChI=1S/C14H20/c1-11-7-6-8-13(9-11)12(2)10-14(3,4)5/h6-10H,1-5H3/b12-10+. The van der Waals surface area contributed by atoms with Crippen LogP contribution in [0.25, 0.3) is 5.57 Å². The Morgan fingerprint density at radius 3 is 2.36 bits per heavy atom. The Bertz CT molecular complexity index is 337. The first-order chi connectivity index (χ1) is 6.38. The van der Waals surface area contributed by atoms with E-state index in [-0.39, 0.29) is 5.41 Å². The van der Waals surface area contributed by atoms with Gasteiger partial charge in [0.15, 0.2) is 0 Å². The van der Waals surface area contributed by atoms with Gasteiger partial charge in [-0.2, -0.15) is 0 Å². The molecule has 0 aromatic heterocycles. The summed E-state index contributed by atoms with van der Waals surface area (Å²) in [4.78, 5) is 0. The van der Waals surface area contributed by atoms with Crippen molar-refractivity contribution in [3.63, 3.8) is 0 Å². The van der Waals surface area contributed by atoms with Crippen molar-refractivity contribution < 1.29 is 0 Å². The molecule has 0 aliphatic carbocycles. The van der Waals surface area contributed by atoms with Crippen molar-refractivity contribution in [3.8, 4) is 0 Å². The van der Waals surface area contributed by atoms with Crippen LogP contribution in [0, 0.1) is 12.3 Å². The van der Waals surface area contributed by atoms with Crippen molar-refractivity contribution in [2.45, 2.75) is 34.6 Å². The molecule has 0 saturated carbocycles. The highest BCUT2D eigenvalue weighted by Crippen LogP contribution is 2.23. The van der Waals surface area contributed by atoms with Crippen LogP contribution in [-0.4, -0.2) is 0 Å². The number of hydrogen-bond acceptors (Lipinski definition) is 0. The average Bonchev–Trinajstić information content (AvgIpc) is 2.01. The maximum atomic E-state index is 2.32. The first kappa shape index (κ1) is 11.0. The van der Waals surface area contributed by atoms with Gasteiger partial charge in [-0.3, -0.25) is 0 Å². The molecule has 0 fully saturated rings. The van der Waals surface area contributed by atoms with E-state index in [1.54, 1.807) is 0 Å². The second-order valence-corrected chi connectivity index (χ2v) is 5.06. The van der Waals surface area contributed by atoms with Crippen LogP contribution >= 0.6 is 0 Å². The zero-order valence-electron chi connectivity index (χ0n) is 9.89. The van der Waals surface area contributed by atoms with E-state index in [0.29, 0.717) is 0 Å². The summed E-state index contributed by atoms with van der Waals surface area (Å²) in [5, 5.41) is 0. The van der Waals surface area contributed by atoms with Gasteiger partial charge < -0.3 is 0 Å². The predicted octanol–water partition coefficient (Wildman–Crippen LogP) is 4.44. The highest BCUT2D eigenvalue weighted by Gasteiger charge is 2.06. The van der Waals surface area contributed by atoms with E-state index in [2.05, 4.69) is 65.0 Å². The number of benzene rings is 1. The van der Waals surface area contributed by atoms with Crippen molar-refractivity contribution in [3.05, 3.63) is 41.5 Å². The van der Waals surface area contributed by atoms with Gasteiger partial charge in [0.1, 0.15) is 0 Å². The minimum atomic E-state index is 0.258. The molecule has 1 aromatic carbocycles. The van der Waals surface area contributed by atoms with E-state index in [1.165, 1.54) is 16.7 Å². The normalized spacial score (nSPS) is 13.1. The van der Waals surface area contributed by atoms with Gasteiger partial charge in [-0.15, -0.1) is 0 Å². The van der Waals surface area contributed by atoms with E-state index < -0.39 is 0 Å². The van der Waals surface area contributed by atoms with Crippen LogP contribution in [0.5, 0.6) is 0 Å². The summed E-state index contributed by atoms with van der Waals surface area (Å²) in [6.07, 6.45) is 2.32. The second kappa shape index (κ2) is 4.00. The second-order valence-electron chi connectivity index (χ2n) is 5.06. The van der Waals surface area contributed by atoms with Gasteiger partial charge in [0.05, 0.1) is 0 Å². The van der Waals surface area contributed by atoms with Crippen molar-refractivity contribution in [2.24, 2.45) is 5.41 Å². The van der Waals surface area contributed by atoms with E-state index in [1.807, 2.05) is 0 Å². The van der Waals surface area contributed by atoms with Gasteiger partial charge in [0.25, 0.3) is 0 Å². The molecule has 0 unspecified atom stereocenters. The van der Waals surface area contributed by atoms with Crippen LogP contribution in [0.2, 0.25) is 0 Å². The fourth-order valence-corrected chi connectivity index (χ4v) is 1.62. The molecular weight excluding hydrogens is 168 g/mol. The average molecular weight is 188 g/mol. The Kier molecular flexibility index (Phi) is 3.15. The zero-order chi connectivity index (χ0) is 10.8. The van der Waals surface area contributed by atoms with Gasteiger partial charge in [-0.05, 0) is 30.4 Å². The number of hydrogen-bond donors (Lipinski definition) is 0. The Morgan fingerprint density at radius 2 is 1.86 bits per heavy atom. The molecule has 1 rings (SSSR count). The maximum absolute atomic E-state index is 2.32. The van der Waals surface area contributed by atoms with E-state index in [9.17, 15) is 0 Å². The molecule has 0 aliphatic rings. The van der Waals surface area contributed by atoms with E-state index in [0.717, 1.165) is 0 Å². The van der Waals surface area contributed by atoms with Gasteiger partial charge >= 0.3 is 0 Å². The molecule has 0 N–H and O–H groups in total. The third-order valence-corrected chi connectivity index (χ3v) is 2.12. The van der Waals surface area contributed by atoms with Crippen LogP contribution in [-0.2, 0) is 0 Å². The SMILES string of the molecule is C/C(=C\C(C)(C)C)c1cccc(C)c1. The highest BCUT2D eigenvalue weighted by atomic mass is 14.1. The van der Waals surface area contributed by atoms with Gasteiger partial charge in [0.2, 0.25) is 0 Å². The quantitative estimate of drug-likeness (QED) is 0.611. The lowest BCUT2D eigenvalue weighted by Crippen LogP contribution is -2.00. The molecule has 0 heteroatoms. The summed E-state index contributed by atoms with van der Waals surface area (Å²) in [6, 6.07) is 8.65. The predicted molar refractivity (Wildman–Crippen MR) is 64.3 cm³/mol. The summed E-state index contributed by atoms with van der Waals surface area (Å²) < 4.78 is 0. The summed E-state index contributed by atoms with van der Waals surface area (Å²) in [7, 11) is 0. The molecule has 14 heavy (non-hydrogen) atoms. The summed E-state index contributed by atoms with van der Waals surface area (Å²) in [6.45, 7) is 11.0. The van der Waals surface area contributed by atoms with Crippen LogP contribution in [0.1, 0.15) is 38.8 Å². The van der Waals surface area contributed by atoms with Crippen molar-refractivity contribution >= 4 is 5.57 Å². The largest absolute Gasteiger partial charge is 0.0756 e. The molecule has 0 bridgehead atoms. The highest BCUT2D eigenvalue weighted by molar-refractivity contribution is 5.64. The lowest BCUT2D eigenvalue weighted by molar-refractivity contribution is 0.545. The number of aryl methyl sites for hydroxylation is 1. The first-order valence-electron chi connectivity index (χ1n) is 5.15. The van der Waals surface area contributed by atoms with Gasteiger partial charge in [-0.1, -0.05) is 56.7 Å². The fourth-order valence-electron chi connectivity index (χ4n) is 1.62. The third-order valence-electron chi connectivity index (χ3n) is 2.12. The third kappa shape index (κ3) is 3.37. The van der Waals surface area contributed by atoms with Crippen LogP contribution in [0.15, 0.2) is 30.3 Å². The minimum Gasteiger partial charge on any atom is -0.0756 e. The summed E-state index contributed by atoms with van der Waals surface area (Å²) >= 11 is 0. The number of rotatable bonds is 1. The van der Waals surface area contributed by atoms with Crippen LogP contribution < -0.4 is 0 Å². The molecule has 0 heterocycles. The molecule has 0 amide bonds. The molecule has 1 aromatic rings. The van der Waals surface area contributed by atoms with Crippen molar-refractivity contribution in [1.29, 1.82) is 0 Å².